The summed E-state index contributed by atoms with van der Waals surface area (Å²) < 4.78 is 0. The second-order valence-corrected chi connectivity index (χ2v) is 4.97. The fourth-order valence-electron chi connectivity index (χ4n) is 2.64. The lowest BCUT2D eigenvalue weighted by Gasteiger charge is -2.35. The molecule has 0 bridgehead atoms. The first kappa shape index (κ1) is 12.2. The maximum Gasteiger partial charge on any atom is 0.0602 e. The van der Waals surface area contributed by atoms with Gasteiger partial charge >= 0.3 is 0 Å². The average Bonchev–Trinajstić information content (AvgIpc) is 2.33. The first-order valence-electron chi connectivity index (χ1n) is 6.43. The Bertz CT molecular complexity index is 376. The van der Waals surface area contributed by atoms with Crippen molar-refractivity contribution in [2.45, 2.75) is 26.2 Å². The molecule has 1 unspecified atom stereocenters. The van der Waals surface area contributed by atoms with Crippen LogP contribution in [0.4, 0.5) is 11.4 Å². The summed E-state index contributed by atoms with van der Waals surface area (Å²) in [7, 11) is 0. The fourth-order valence-corrected chi connectivity index (χ4v) is 2.64. The predicted octanol–water partition coefficient (Wildman–Crippen LogP) is 2.18. The van der Waals surface area contributed by atoms with Gasteiger partial charge in [0.15, 0.2) is 0 Å². The number of nitrogens with zero attached hydrogens (tertiary/aromatic N) is 1. The quantitative estimate of drug-likeness (QED) is 0.788. The molecule has 1 atom stereocenters. The van der Waals surface area contributed by atoms with E-state index in [4.69, 9.17) is 10.8 Å². The van der Waals surface area contributed by atoms with Crippen LogP contribution in [0.5, 0.6) is 0 Å². The van der Waals surface area contributed by atoms with Gasteiger partial charge in [0.25, 0.3) is 0 Å². The number of nitrogens with two attached hydrogens (primary N) is 1. The minimum atomic E-state index is 0.293. The summed E-state index contributed by atoms with van der Waals surface area (Å²) >= 11 is 0. The van der Waals surface area contributed by atoms with E-state index in [9.17, 15) is 0 Å². The summed E-state index contributed by atoms with van der Waals surface area (Å²) in [4.78, 5) is 2.37. The van der Waals surface area contributed by atoms with Gasteiger partial charge in [0, 0.05) is 19.7 Å². The van der Waals surface area contributed by atoms with Gasteiger partial charge in [-0.2, -0.15) is 0 Å². The van der Waals surface area contributed by atoms with E-state index in [0.717, 1.165) is 36.4 Å². The molecule has 17 heavy (non-hydrogen) atoms. The van der Waals surface area contributed by atoms with Crippen LogP contribution in [0.1, 0.15) is 24.8 Å². The van der Waals surface area contributed by atoms with Crippen LogP contribution >= 0.6 is 0 Å². The van der Waals surface area contributed by atoms with Crippen LogP contribution in [0, 0.1) is 12.8 Å². The molecule has 94 valence electrons. The Hall–Kier alpha value is -1.22. The van der Waals surface area contributed by atoms with E-state index >= 15 is 0 Å². The second-order valence-electron chi connectivity index (χ2n) is 4.97. The largest absolute Gasteiger partial charge is 0.397 e. The Morgan fingerprint density at radius 2 is 2.29 bits per heavy atom. The molecule has 0 aromatic heterocycles. The molecule has 0 radical (unpaired) electrons. The van der Waals surface area contributed by atoms with Gasteiger partial charge in [0.05, 0.1) is 11.4 Å². The number of aliphatic hydroxyl groups is 1. The van der Waals surface area contributed by atoms with E-state index in [-0.39, 0.29) is 0 Å². The fraction of sp³-hybridized carbons (Fsp3) is 0.571. The average molecular weight is 234 g/mol. The van der Waals surface area contributed by atoms with Crippen molar-refractivity contribution in [2.75, 3.05) is 30.3 Å². The lowest BCUT2D eigenvalue weighted by molar-refractivity contribution is 0.244. The van der Waals surface area contributed by atoms with Crippen molar-refractivity contribution in [3.63, 3.8) is 0 Å². The number of anilines is 2. The Labute approximate surface area is 103 Å². The highest BCUT2D eigenvalue weighted by Gasteiger charge is 2.21. The zero-order chi connectivity index (χ0) is 12.3. The number of benzene rings is 1. The minimum Gasteiger partial charge on any atom is -0.397 e. The molecule has 1 saturated heterocycles. The topological polar surface area (TPSA) is 49.5 Å². The minimum absolute atomic E-state index is 0.293. The van der Waals surface area contributed by atoms with E-state index in [1.807, 2.05) is 13.0 Å². The van der Waals surface area contributed by atoms with Crippen molar-refractivity contribution in [3.05, 3.63) is 23.8 Å². The molecule has 0 aliphatic carbocycles. The Morgan fingerprint density at radius 1 is 1.47 bits per heavy atom. The van der Waals surface area contributed by atoms with Crippen molar-refractivity contribution >= 4 is 11.4 Å². The van der Waals surface area contributed by atoms with Crippen molar-refractivity contribution in [3.8, 4) is 0 Å². The number of aryl methyl sites for hydroxylation is 1. The summed E-state index contributed by atoms with van der Waals surface area (Å²) in [6.45, 7) is 4.44. The molecule has 3 nitrogen and oxygen atoms in total. The molecule has 1 aliphatic heterocycles. The lowest BCUT2D eigenvalue weighted by Crippen LogP contribution is -2.36. The zero-order valence-electron chi connectivity index (χ0n) is 10.5. The van der Waals surface area contributed by atoms with Crippen LogP contribution in [0.15, 0.2) is 18.2 Å². The number of piperidine rings is 1. The van der Waals surface area contributed by atoms with Gasteiger partial charge < -0.3 is 15.7 Å². The monoisotopic (exact) mass is 234 g/mol. The second kappa shape index (κ2) is 5.41. The third-order valence-corrected chi connectivity index (χ3v) is 3.70. The van der Waals surface area contributed by atoms with Crippen LogP contribution in [-0.2, 0) is 0 Å². The van der Waals surface area contributed by atoms with E-state index in [1.54, 1.807) is 0 Å². The molecule has 1 aliphatic rings. The maximum absolute atomic E-state index is 9.03. The lowest BCUT2D eigenvalue weighted by atomic mass is 9.94. The smallest absolute Gasteiger partial charge is 0.0602 e. The van der Waals surface area contributed by atoms with Crippen LogP contribution < -0.4 is 10.6 Å². The third kappa shape index (κ3) is 2.72. The van der Waals surface area contributed by atoms with Crippen molar-refractivity contribution in [2.24, 2.45) is 5.92 Å². The van der Waals surface area contributed by atoms with Gasteiger partial charge in [-0.3, -0.25) is 0 Å². The molecule has 1 aromatic carbocycles. The van der Waals surface area contributed by atoms with Crippen LogP contribution in [0.2, 0.25) is 0 Å². The summed E-state index contributed by atoms with van der Waals surface area (Å²) in [5, 5.41) is 9.03. The van der Waals surface area contributed by atoms with E-state index in [0.29, 0.717) is 12.5 Å². The number of nitrogen functional groups attached to an aromatic ring is 1. The molecule has 1 heterocycles. The summed E-state index contributed by atoms with van der Waals surface area (Å²) in [6.07, 6.45) is 3.32. The molecule has 1 fully saturated rings. The van der Waals surface area contributed by atoms with Gasteiger partial charge in [0.2, 0.25) is 0 Å². The number of rotatable bonds is 3. The SMILES string of the molecule is Cc1cccc(N2CCCC(CCO)C2)c1N. The van der Waals surface area contributed by atoms with Crippen molar-refractivity contribution in [1.29, 1.82) is 0 Å². The molecule has 0 amide bonds. The standard InChI is InChI=1S/C14H22N2O/c1-11-4-2-6-13(14(11)15)16-8-3-5-12(10-16)7-9-17/h2,4,6,12,17H,3,5,7-10,15H2,1H3. The van der Waals surface area contributed by atoms with Crippen molar-refractivity contribution < 1.29 is 5.11 Å². The number of para-hydroxylation sites is 1. The van der Waals surface area contributed by atoms with Gasteiger partial charge in [-0.15, -0.1) is 0 Å². The molecule has 1 aromatic rings. The highest BCUT2D eigenvalue weighted by atomic mass is 16.3. The zero-order valence-corrected chi connectivity index (χ0v) is 10.5. The molecule has 2 rings (SSSR count). The summed E-state index contributed by atoms with van der Waals surface area (Å²) in [5.74, 6) is 0.605. The predicted molar refractivity (Wildman–Crippen MR) is 72.2 cm³/mol. The molecule has 0 saturated carbocycles. The van der Waals surface area contributed by atoms with E-state index in [2.05, 4.69) is 17.0 Å². The first-order valence-corrected chi connectivity index (χ1v) is 6.43. The van der Waals surface area contributed by atoms with Gasteiger partial charge in [0.1, 0.15) is 0 Å². The van der Waals surface area contributed by atoms with Crippen molar-refractivity contribution in [1.82, 2.24) is 0 Å². The van der Waals surface area contributed by atoms with E-state index in [1.165, 1.54) is 12.8 Å². The van der Waals surface area contributed by atoms with E-state index < -0.39 is 0 Å². The Balaban J connectivity index is 2.13. The van der Waals surface area contributed by atoms with Crippen LogP contribution in [0.3, 0.4) is 0 Å². The molecule has 3 N–H and O–H groups in total. The highest BCUT2D eigenvalue weighted by molar-refractivity contribution is 5.71. The number of hydrogen-bond donors (Lipinski definition) is 2. The van der Waals surface area contributed by atoms with Crippen LogP contribution in [0.25, 0.3) is 0 Å². The van der Waals surface area contributed by atoms with Gasteiger partial charge in [-0.1, -0.05) is 12.1 Å². The molecular formula is C14H22N2O. The molecule has 3 heteroatoms. The first-order chi connectivity index (χ1) is 8.22. The summed E-state index contributed by atoms with van der Waals surface area (Å²) in [6, 6.07) is 6.22. The van der Waals surface area contributed by atoms with Crippen LogP contribution in [-0.4, -0.2) is 24.8 Å². The Kier molecular flexibility index (Phi) is 3.89. The van der Waals surface area contributed by atoms with Gasteiger partial charge in [-0.25, -0.2) is 0 Å². The normalized spacial score (nSPS) is 20.6. The maximum atomic E-state index is 9.03. The summed E-state index contributed by atoms with van der Waals surface area (Å²) in [5.41, 5.74) is 9.35. The highest BCUT2D eigenvalue weighted by Crippen LogP contribution is 2.30. The molecular weight excluding hydrogens is 212 g/mol. The Morgan fingerprint density at radius 3 is 3.06 bits per heavy atom. The third-order valence-electron chi connectivity index (χ3n) is 3.70. The van der Waals surface area contributed by atoms with Gasteiger partial charge in [-0.05, 0) is 43.7 Å². The number of hydrogen-bond acceptors (Lipinski definition) is 3. The number of aliphatic hydroxyl groups excluding tert-OH is 1. The molecule has 0 spiro atoms.